The van der Waals surface area contributed by atoms with Gasteiger partial charge in [0.25, 0.3) is 5.91 Å². The van der Waals surface area contributed by atoms with E-state index in [1.165, 1.54) is 23.5 Å². The molecule has 0 spiro atoms. The van der Waals surface area contributed by atoms with E-state index in [1.807, 2.05) is 6.92 Å². The molecule has 0 saturated carbocycles. The lowest BCUT2D eigenvalue weighted by Crippen LogP contribution is -2.52. The fourth-order valence-electron chi connectivity index (χ4n) is 3.07. The van der Waals surface area contributed by atoms with Crippen LogP contribution < -0.4 is 5.32 Å². The predicted molar refractivity (Wildman–Crippen MR) is 102 cm³/mol. The van der Waals surface area contributed by atoms with Gasteiger partial charge in [-0.05, 0) is 31.2 Å². The van der Waals surface area contributed by atoms with Gasteiger partial charge in [0.05, 0.1) is 11.4 Å². The highest BCUT2D eigenvalue weighted by molar-refractivity contribution is 7.89. The second kappa shape index (κ2) is 8.20. The number of benzene rings is 1. The van der Waals surface area contributed by atoms with Crippen LogP contribution in [0, 0.1) is 0 Å². The number of likely N-dealkylation sites (N-methyl/N-ethyl adjacent to an activating group) is 1. The van der Waals surface area contributed by atoms with Crippen molar-refractivity contribution >= 4 is 15.9 Å². The van der Waals surface area contributed by atoms with Crippen LogP contribution in [0.15, 0.2) is 47.6 Å². The molecule has 8 nitrogen and oxygen atoms in total. The molecule has 2 heterocycles. The molecule has 1 amide bonds. The van der Waals surface area contributed by atoms with Crippen molar-refractivity contribution in [3.63, 3.8) is 0 Å². The van der Waals surface area contributed by atoms with Crippen molar-refractivity contribution in [2.24, 2.45) is 0 Å². The molecule has 3 rings (SSSR count). The summed E-state index contributed by atoms with van der Waals surface area (Å²) in [5, 5.41) is 7.32. The molecule has 1 saturated heterocycles. The van der Waals surface area contributed by atoms with Crippen LogP contribution in [0.5, 0.6) is 0 Å². The highest BCUT2D eigenvalue weighted by Gasteiger charge is 2.26. The molecule has 146 valence electrons. The van der Waals surface area contributed by atoms with Crippen molar-refractivity contribution in [2.75, 3.05) is 33.2 Å². The van der Waals surface area contributed by atoms with Crippen molar-refractivity contribution in [1.82, 2.24) is 24.3 Å². The molecule has 0 bridgehead atoms. The van der Waals surface area contributed by atoms with E-state index in [1.54, 1.807) is 40.2 Å². The van der Waals surface area contributed by atoms with Gasteiger partial charge in [-0.2, -0.15) is 9.40 Å². The zero-order valence-electron chi connectivity index (χ0n) is 15.6. The van der Waals surface area contributed by atoms with Crippen molar-refractivity contribution in [1.29, 1.82) is 0 Å². The summed E-state index contributed by atoms with van der Waals surface area (Å²) in [6, 6.07) is 8.15. The molecule has 1 aliphatic rings. The first-order valence-electron chi connectivity index (χ1n) is 8.95. The number of piperazine rings is 1. The number of carbonyl (C=O) groups is 1. The molecular formula is C18H25N5O3S. The molecule has 2 aromatic rings. The van der Waals surface area contributed by atoms with Gasteiger partial charge in [0.1, 0.15) is 0 Å². The van der Waals surface area contributed by atoms with Gasteiger partial charge in [0.2, 0.25) is 10.0 Å². The zero-order chi connectivity index (χ0) is 19.4. The normalized spacial score (nSPS) is 18.0. The van der Waals surface area contributed by atoms with E-state index < -0.39 is 10.0 Å². The molecule has 0 aliphatic carbocycles. The summed E-state index contributed by atoms with van der Waals surface area (Å²) in [6.45, 7) is 4.81. The Balaban J connectivity index is 1.75. The minimum atomic E-state index is -3.68. The van der Waals surface area contributed by atoms with Crippen LogP contribution in [0.3, 0.4) is 0 Å². The fraction of sp³-hybridized carbons (Fsp3) is 0.444. The number of nitrogens with zero attached hydrogens (tertiary/aromatic N) is 4. The number of nitrogens with one attached hydrogen (secondary N) is 1. The Kier molecular flexibility index (Phi) is 5.93. The molecule has 27 heavy (non-hydrogen) atoms. The fourth-order valence-corrected chi connectivity index (χ4v) is 4.28. The smallest absolute Gasteiger partial charge is 0.254 e. The third-order valence-electron chi connectivity index (χ3n) is 4.75. The highest BCUT2D eigenvalue weighted by Crippen LogP contribution is 2.18. The van der Waals surface area contributed by atoms with Crippen LogP contribution in [0.2, 0.25) is 0 Å². The largest absolute Gasteiger partial charge is 0.333 e. The quantitative estimate of drug-likeness (QED) is 0.781. The van der Waals surface area contributed by atoms with E-state index >= 15 is 0 Å². The van der Waals surface area contributed by atoms with Gasteiger partial charge < -0.3 is 10.2 Å². The van der Waals surface area contributed by atoms with Gasteiger partial charge >= 0.3 is 0 Å². The first-order valence-corrected chi connectivity index (χ1v) is 10.4. The Morgan fingerprint density at radius 3 is 2.89 bits per heavy atom. The average Bonchev–Trinajstić information content (AvgIpc) is 3.19. The number of sulfonamides is 1. The average molecular weight is 391 g/mol. The minimum absolute atomic E-state index is 0.0725. The van der Waals surface area contributed by atoms with E-state index in [-0.39, 0.29) is 23.4 Å². The van der Waals surface area contributed by atoms with E-state index in [4.69, 9.17) is 0 Å². The number of hydrogen-bond donors (Lipinski definition) is 1. The monoisotopic (exact) mass is 391 g/mol. The molecule has 1 atom stereocenters. The maximum Gasteiger partial charge on any atom is 0.254 e. The lowest BCUT2D eigenvalue weighted by molar-refractivity contribution is 0.0655. The topological polar surface area (TPSA) is 87.5 Å². The number of amides is 1. The molecule has 9 heteroatoms. The Morgan fingerprint density at radius 2 is 2.19 bits per heavy atom. The van der Waals surface area contributed by atoms with Gasteiger partial charge in [-0.15, -0.1) is 0 Å². The SMILES string of the molecule is C[C@@H]1CNCCN1C(=O)c1cccc(S(=O)(=O)N(C)CCn2cccn2)c1. The molecular weight excluding hydrogens is 366 g/mol. The van der Waals surface area contributed by atoms with Crippen LogP contribution in [-0.4, -0.2) is 72.6 Å². The molecule has 1 N–H and O–H groups in total. The summed E-state index contributed by atoms with van der Waals surface area (Å²) in [4.78, 5) is 14.7. The van der Waals surface area contributed by atoms with Crippen LogP contribution in [0.4, 0.5) is 0 Å². The Labute approximate surface area is 159 Å². The van der Waals surface area contributed by atoms with Crippen LogP contribution >= 0.6 is 0 Å². The Hall–Kier alpha value is -2.23. The summed E-state index contributed by atoms with van der Waals surface area (Å²) < 4.78 is 28.7. The number of aromatic nitrogens is 2. The number of hydrogen-bond acceptors (Lipinski definition) is 5. The summed E-state index contributed by atoms with van der Waals surface area (Å²) in [5.41, 5.74) is 0.394. The second-order valence-electron chi connectivity index (χ2n) is 6.68. The minimum Gasteiger partial charge on any atom is -0.333 e. The zero-order valence-corrected chi connectivity index (χ0v) is 16.4. The Bertz CT molecular complexity index is 882. The van der Waals surface area contributed by atoms with Gasteiger partial charge in [-0.1, -0.05) is 6.07 Å². The van der Waals surface area contributed by atoms with E-state index in [0.29, 0.717) is 18.7 Å². The van der Waals surface area contributed by atoms with Gasteiger partial charge in [-0.25, -0.2) is 8.42 Å². The maximum absolute atomic E-state index is 12.9. The van der Waals surface area contributed by atoms with Gasteiger partial charge in [0, 0.05) is 57.2 Å². The van der Waals surface area contributed by atoms with E-state index in [9.17, 15) is 13.2 Å². The van der Waals surface area contributed by atoms with Gasteiger partial charge in [-0.3, -0.25) is 9.48 Å². The summed E-state index contributed by atoms with van der Waals surface area (Å²) in [7, 11) is -2.15. The predicted octanol–water partition coefficient (Wildman–Crippen LogP) is 0.638. The molecule has 1 aliphatic heterocycles. The first-order chi connectivity index (χ1) is 12.9. The van der Waals surface area contributed by atoms with E-state index in [2.05, 4.69) is 10.4 Å². The third-order valence-corrected chi connectivity index (χ3v) is 6.61. The van der Waals surface area contributed by atoms with Crippen LogP contribution in [-0.2, 0) is 16.6 Å². The van der Waals surface area contributed by atoms with Gasteiger partial charge in [0.15, 0.2) is 0 Å². The lowest BCUT2D eigenvalue weighted by Gasteiger charge is -2.34. The van der Waals surface area contributed by atoms with E-state index in [0.717, 1.165) is 13.1 Å². The van der Waals surface area contributed by atoms with Crippen LogP contribution in [0.1, 0.15) is 17.3 Å². The van der Waals surface area contributed by atoms with Crippen molar-refractivity contribution in [3.8, 4) is 0 Å². The third kappa shape index (κ3) is 4.37. The molecule has 1 aromatic carbocycles. The second-order valence-corrected chi connectivity index (χ2v) is 8.72. The standard InChI is InChI=1S/C18H25N5O3S/c1-15-14-19-8-10-23(15)18(24)16-5-3-6-17(13-16)27(25,26)21(2)11-12-22-9-4-7-20-22/h3-7,9,13,15,19H,8,10-12,14H2,1-2H3/t15-/m1/s1. The summed E-state index contributed by atoms with van der Waals surface area (Å²) in [5.74, 6) is -0.139. The Morgan fingerprint density at radius 1 is 1.37 bits per heavy atom. The molecule has 1 aromatic heterocycles. The highest BCUT2D eigenvalue weighted by atomic mass is 32.2. The number of carbonyl (C=O) groups excluding carboxylic acids is 1. The van der Waals surface area contributed by atoms with Crippen molar-refractivity contribution in [2.45, 2.75) is 24.4 Å². The molecule has 0 radical (unpaired) electrons. The first kappa shape index (κ1) is 19.5. The van der Waals surface area contributed by atoms with Crippen molar-refractivity contribution in [3.05, 3.63) is 48.3 Å². The maximum atomic E-state index is 12.9. The van der Waals surface area contributed by atoms with Crippen molar-refractivity contribution < 1.29 is 13.2 Å². The summed E-state index contributed by atoms with van der Waals surface area (Å²) >= 11 is 0. The number of rotatable bonds is 6. The molecule has 1 fully saturated rings. The lowest BCUT2D eigenvalue weighted by atomic mass is 10.1. The summed E-state index contributed by atoms with van der Waals surface area (Å²) in [6.07, 6.45) is 3.44. The molecule has 0 unspecified atom stereocenters. The van der Waals surface area contributed by atoms with Crippen LogP contribution in [0.25, 0.3) is 0 Å².